The first-order chi connectivity index (χ1) is 21.7. The molecule has 272 valence electrons. The minimum atomic E-state index is -3.37. The molecule has 0 atom stereocenters. The number of ether oxygens (including phenoxy) is 6. The number of rotatable bonds is 10. The van der Waals surface area contributed by atoms with Gasteiger partial charge in [0.15, 0.2) is 0 Å². The molecule has 4 aromatic rings. The van der Waals surface area contributed by atoms with Crippen molar-refractivity contribution in [2.75, 3.05) is 42.7 Å². The normalized spacial score (nSPS) is 10.6. The summed E-state index contributed by atoms with van der Waals surface area (Å²) in [5, 5.41) is 4.81. The van der Waals surface area contributed by atoms with Crippen LogP contribution in [0.25, 0.3) is 0 Å². The Morgan fingerprint density at radius 3 is 0.820 bits per heavy atom. The summed E-state index contributed by atoms with van der Waals surface area (Å²) in [5.74, 6) is 4.77. The van der Waals surface area contributed by atoms with Crippen molar-refractivity contribution in [2.45, 2.75) is 69.2 Å². The van der Waals surface area contributed by atoms with Crippen LogP contribution in [-0.4, -0.2) is 50.7 Å². The Balaban J connectivity index is 0.00000600. The van der Waals surface area contributed by atoms with Crippen LogP contribution in [0.1, 0.15) is 55.6 Å². The Morgan fingerprint density at radius 2 is 0.620 bits per heavy atom. The van der Waals surface area contributed by atoms with Crippen molar-refractivity contribution < 1.29 is 87.4 Å². The summed E-state index contributed by atoms with van der Waals surface area (Å²) in [7, 11) is 7.02. The maximum absolute atomic E-state index is 6.17. The number of hydrogen-bond acceptors (Lipinski definition) is 6. The zero-order chi connectivity index (χ0) is 34.4. The van der Waals surface area contributed by atoms with E-state index >= 15 is 0 Å². The van der Waals surface area contributed by atoms with E-state index in [-0.39, 0.29) is 58.9 Å². The molecule has 4 aromatic carbocycles. The summed E-state index contributed by atoms with van der Waals surface area (Å²) in [6.45, 7) is 21.7. The van der Waals surface area contributed by atoms with Crippen molar-refractivity contribution >= 4 is 28.8 Å². The van der Waals surface area contributed by atoms with Gasteiger partial charge in [-0.1, -0.05) is 27.7 Å². The number of halogens is 3. The number of hydrogen-bond donors (Lipinski definition) is 0. The van der Waals surface area contributed by atoms with E-state index in [0.717, 1.165) is 83.4 Å². The van der Waals surface area contributed by atoms with Crippen LogP contribution in [0.5, 0.6) is 34.5 Å². The molecule has 6 nitrogen and oxygen atoms in total. The predicted molar refractivity (Wildman–Crippen MR) is 192 cm³/mol. The Kier molecular flexibility index (Phi) is 17.5. The molecule has 11 heteroatoms. The third-order valence-corrected chi connectivity index (χ3v) is 16.0. The Hall–Kier alpha value is -2.39. The summed E-state index contributed by atoms with van der Waals surface area (Å²) in [5.41, 5.74) is 11.2. The molecule has 0 aliphatic carbocycles. The fraction of sp³-hybridized carbons (Fsp3) is 0.410. The van der Waals surface area contributed by atoms with Crippen LogP contribution in [0.3, 0.4) is 0 Å². The molecule has 0 saturated heterocycles. The van der Waals surface area contributed by atoms with Crippen molar-refractivity contribution in [3.8, 4) is 34.5 Å². The third-order valence-electron chi connectivity index (χ3n) is 10.5. The molecule has 0 bridgehead atoms. The van der Waals surface area contributed by atoms with Gasteiger partial charge in [-0.2, -0.15) is 22.3 Å². The second-order valence-electron chi connectivity index (χ2n) is 12.4. The van der Waals surface area contributed by atoms with E-state index in [1.54, 1.807) is 42.7 Å². The summed E-state index contributed by atoms with van der Waals surface area (Å²) in [4.78, 5) is 0. The first kappa shape index (κ1) is 47.6. The first-order valence-electron chi connectivity index (χ1n) is 15.7. The van der Waals surface area contributed by atoms with Crippen LogP contribution < -0.4 is 86.4 Å². The fourth-order valence-electron chi connectivity index (χ4n) is 7.93. The van der Waals surface area contributed by atoms with Crippen LogP contribution >= 0.6 is 0 Å². The standard InChI is InChI=1S/C39H51O6Si.3ClH.Ti/c1-20-21(2)23(4)39(22(20)3)46(33-17-30(40-11)24(5)36(43-14)27(33)8,34-18-31(41-12)25(6)37(44-15)28(34)9)35-19-32(42-13)26(7)38(45-16)29(35)10;;;;/h17-19H,1-16H3;3*1H;/q-1;;;;+4/p-3. The van der Waals surface area contributed by atoms with Crippen molar-refractivity contribution in [3.05, 3.63) is 73.8 Å². The maximum Gasteiger partial charge on any atom is 4.00 e. The quantitative estimate of drug-likeness (QED) is 0.0967. The van der Waals surface area contributed by atoms with Gasteiger partial charge >= 0.3 is 21.7 Å². The molecular weight excluding hydrogens is 747 g/mol. The SMILES string of the molecule is COc1cc([Si](c2cc(OC)c(C)c(OC)c2C)(c2cc(OC)c(C)c(OC)c2C)[c-]2c(C)c(C)c(C)c2C)c(C)c(OC)c1C.[Cl-].[Cl-].[Cl-].[Ti+4]. The molecule has 0 aliphatic heterocycles. The molecule has 0 amide bonds. The van der Waals surface area contributed by atoms with Gasteiger partial charge in [-0.15, -0.1) is 5.19 Å². The van der Waals surface area contributed by atoms with Crippen molar-refractivity contribution in [1.82, 2.24) is 0 Å². The van der Waals surface area contributed by atoms with Gasteiger partial charge in [0.1, 0.15) is 42.6 Å². The van der Waals surface area contributed by atoms with E-state index in [4.69, 9.17) is 28.4 Å². The predicted octanol–water partition coefficient (Wildman–Crippen LogP) is -3.07. The molecule has 0 saturated carbocycles. The van der Waals surface area contributed by atoms with Gasteiger partial charge < -0.3 is 65.6 Å². The van der Waals surface area contributed by atoms with E-state index in [1.165, 1.54) is 27.4 Å². The number of methoxy groups -OCH3 is 6. The molecule has 0 radical (unpaired) electrons. The van der Waals surface area contributed by atoms with Gasteiger partial charge in [-0.3, -0.25) is 0 Å². The van der Waals surface area contributed by atoms with Gasteiger partial charge in [0.25, 0.3) is 0 Å². The minimum Gasteiger partial charge on any atom is -1.00 e. The van der Waals surface area contributed by atoms with Gasteiger partial charge in [-0.25, -0.2) is 0 Å². The summed E-state index contributed by atoms with van der Waals surface area (Å²) in [6, 6.07) is 6.73. The van der Waals surface area contributed by atoms with Crippen LogP contribution in [0.15, 0.2) is 18.2 Å². The summed E-state index contributed by atoms with van der Waals surface area (Å²) in [6.07, 6.45) is 0. The van der Waals surface area contributed by atoms with E-state index in [2.05, 4.69) is 87.4 Å². The average Bonchev–Trinajstić information content (AvgIpc) is 3.22. The molecule has 0 heterocycles. The average molecular weight is 798 g/mol. The summed E-state index contributed by atoms with van der Waals surface area (Å²) >= 11 is 0. The number of benzene rings is 3. The van der Waals surface area contributed by atoms with Crippen LogP contribution in [0, 0.1) is 69.2 Å². The monoisotopic (exact) mass is 796 g/mol. The van der Waals surface area contributed by atoms with Crippen molar-refractivity contribution in [1.29, 1.82) is 0 Å². The first-order valence-corrected chi connectivity index (χ1v) is 17.7. The van der Waals surface area contributed by atoms with Gasteiger partial charge in [0, 0.05) is 16.7 Å². The molecule has 0 N–H and O–H groups in total. The Labute approximate surface area is 334 Å². The smallest absolute Gasteiger partial charge is 1.00 e. The van der Waals surface area contributed by atoms with Crippen LogP contribution in [0.4, 0.5) is 0 Å². The second-order valence-corrected chi connectivity index (χ2v) is 16.0. The molecule has 0 unspecified atom stereocenters. The zero-order valence-electron chi connectivity index (χ0n) is 32.3. The minimum absolute atomic E-state index is 0. The van der Waals surface area contributed by atoms with Crippen LogP contribution in [-0.2, 0) is 21.7 Å². The molecule has 0 aliphatic rings. The third kappa shape index (κ3) is 7.03. The van der Waals surface area contributed by atoms with Crippen LogP contribution in [0.2, 0.25) is 0 Å². The Bertz CT molecular complexity index is 1650. The molecular formula is C39H51Cl3O6SiTi. The van der Waals surface area contributed by atoms with Gasteiger partial charge in [-0.05, 0) is 92.0 Å². The largest absolute Gasteiger partial charge is 4.00 e. The van der Waals surface area contributed by atoms with Crippen molar-refractivity contribution in [2.24, 2.45) is 0 Å². The Morgan fingerprint density at radius 1 is 0.380 bits per heavy atom. The zero-order valence-corrected chi connectivity index (χ0v) is 37.1. The molecule has 50 heavy (non-hydrogen) atoms. The van der Waals surface area contributed by atoms with E-state index < -0.39 is 8.07 Å². The molecule has 4 rings (SSSR count). The van der Waals surface area contributed by atoms with Gasteiger partial charge in [0.05, 0.1) is 42.7 Å². The van der Waals surface area contributed by atoms with Crippen molar-refractivity contribution in [3.63, 3.8) is 0 Å². The molecule has 0 aromatic heterocycles. The second kappa shape index (κ2) is 18.4. The van der Waals surface area contributed by atoms with E-state index in [9.17, 15) is 0 Å². The van der Waals surface area contributed by atoms with E-state index in [1.807, 2.05) is 0 Å². The fourth-order valence-corrected chi connectivity index (χ4v) is 14.2. The molecule has 0 spiro atoms. The maximum atomic E-state index is 6.17. The topological polar surface area (TPSA) is 55.4 Å². The van der Waals surface area contributed by atoms with E-state index in [0.29, 0.717) is 0 Å². The molecule has 0 fully saturated rings. The summed E-state index contributed by atoms with van der Waals surface area (Å²) < 4.78 is 36.8. The van der Waals surface area contributed by atoms with Gasteiger partial charge in [0.2, 0.25) is 0 Å².